The Balaban J connectivity index is 1.46. The Hall–Kier alpha value is -2.89. The summed E-state index contributed by atoms with van der Waals surface area (Å²) in [6.45, 7) is 3.06. The van der Waals surface area contributed by atoms with Gasteiger partial charge < -0.3 is 4.74 Å². The fraction of sp³-hybridized carbons (Fsp3) is 0.120. The van der Waals surface area contributed by atoms with E-state index in [1.165, 1.54) is 17.3 Å². The second-order valence-electron chi connectivity index (χ2n) is 7.10. The number of thiocarbonyl (C=S) groups is 1. The zero-order chi connectivity index (χ0) is 20.9. The van der Waals surface area contributed by atoms with Gasteiger partial charge >= 0.3 is 0 Å². The number of hydrogen-bond acceptors (Lipinski definition) is 4. The van der Waals surface area contributed by atoms with E-state index in [-0.39, 0.29) is 5.91 Å². The minimum Gasteiger partial charge on any atom is -0.489 e. The summed E-state index contributed by atoms with van der Waals surface area (Å²) in [4.78, 5) is 15.2. The minimum atomic E-state index is -0.0556. The molecule has 0 aromatic heterocycles. The second kappa shape index (κ2) is 9.28. The largest absolute Gasteiger partial charge is 0.489 e. The van der Waals surface area contributed by atoms with Gasteiger partial charge in [0.25, 0.3) is 5.91 Å². The first-order chi connectivity index (χ1) is 14.6. The maximum Gasteiger partial charge on any atom is 0.266 e. The van der Waals surface area contributed by atoms with E-state index in [1.54, 1.807) is 4.90 Å². The van der Waals surface area contributed by atoms with Gasteiger partial charge in [-0.05, 0) is 41.8 Å². The highest BCUT2D eigenvalue weighted by Crippen LogP contribution is 2.34. The van der Waals surface area contributed by atoms with Crippen molar-refractivity contribution in [1.82, 2.24) is 4.90 Å². The van der Waals surface area contributed by atoms with E-state index in [9.17, 15) is 4.79 Å². The maximum atomic E-state index is 12.9. The molecular weight excluding hydrogens is 410 g/mol. The van der Waals surface area contributed by atoms with Gasteiger partial charge in [-0.15, -0.1) is 0 Å². The highest BCUT2D eigenvalue weighted by molar-refractivity contribution is 8.26. The molecule has 3 aromatic rings. The molecular formula is C25H21NO2S2. The zero-order valence-corrected chi connectivity index (χ0v) is 18.2. The summed E-state index contributed by atoms with van der Waals surface area (Å²) in [5.74, 6) is 0.713. The number of ether oxygens (including phenoxy) is 1. The Kier molecular flexibility index (Phi) is 6.31. The van der Waals surface area contributed by atoms with Gasteiger partial charge in [0.15, 0.2) is 0 Å². The molecule has 0 radical (unpaired) electrons. The Morgan fingerprint density at radius 3 is 2.53 bits per heavy atom. The molecule has 1 fully saturated rings. The van der Waals surface area contributed by atoms with Crippen molar-refractivity contribution < 1.29 is 9.53 Å². The highest BCUT2D eigenvalue weighted by Gasteiger charge is 2.31. The van der Waals surface area contributed by atoms with Crippen molar-refractivity contribution in [3.63, 3.8) is 0 Å². The molecule has 3 nitrogen and oxygen atoms in total. The first-order valence-electron chi connectivity index (χ1n) is 9.66. The molecule has 150 valence electrons. The van der Waals surface area contributed by atoms with E-state index in [1.807, 2.05) is 66.7 Å². The van der Waals surface area contributed by atoms with Crippen LogP contribution in [0.4, 0.5) is 0 Å². The summed E-state index contributed by atoms with van der Waals surface area (Å²) in [6, 6.07) is 25.9. The molecule has 0 saturated carbocycles. The van der Waals surface area contributed by atoms with Gasteiger partial charge in [0, 0.05) is 0 Å². The number of carbonyl (C=O) groups excluding carboxylic acids is 1. The van der Waals surface area contributed by atoms with Gasteiger partial charge in [-0.2, -0.15) is 0 Å². The standard InChI is InChI=1S/C25H21NO2S2/c1-18-7-5-11-21(13-18)17-28-22-12-6-10-20(14-22)15-23-24(27)26(25(29)30-23)16-19-8-3-2-4-9-19/h2-15H,16-17H2,1H3/b23-15-. The molecule has 0 N–H and O–H groups in total. The normalized spacial score (nSPS) is 15.1. The van der Waals surface area contributed by atoms with Gasteiger partial charge in [-0.3, -0.25) is 9.69 Å². The van der Waals surface area contributed by atoms with E-state index in [2.05, 4.69) is 25.1 Å². The predicted molar refractivity (Wildman–Crippen MR) is 127 cm³/mol. The summed E-state index contributed by atoms with van der Waals surface area (Å²) in [7, 11) is 0. The van der Waals surface area contributed by atoms with Crippen molar-refractivity contribution in [2.24, 2.45) is 0 Å². The summed E-state index contributed by atoms with van der Waals surface area (Å²) in [5.41, 5.74) is 4.31. The monoisotopic (exact) mass is 431 g/mol. The Morgan fingerprint density at radius 1 is 0.967 bits per heavy atom. The Labute approximate surface area is 186 Å². The molecule has 30 heavy (non-hydrogen) atoms. The fourth-order valence-corrected chi connectivity index (χ4v) is 4.47. The number of thioether (sulfide) groups is 1. The van der Waals surface area contributed by atoms with Crippen LogP contribution in [0.15, 0.2) is 83.8 Å². The van der Waals surface area contributed by atoms with Crippen LogP contribution in [-0.4, -0.2) is 15.1 Å². The van der Waals surface area contributed by atoms with Crippen LogP contribution in [0, 0.1) is 6.92 Å². The van der Waals surface area contributed by atoms with Crippen LogP contribution in [0.3, 0.4) is 0 Å². The van der Waals surface area contributed by atoms with E-state index in [0.717, 1.165) is 22.4 Å². The van der Waals surface area contributed by atoms with Crippen LogP contribution in [0.25, 0.3) is 6.08 Å². The first-order valence-corrected chi connectivity index (χ1v) is 10.9. The van der Waals surface area contributed by atoms with Crippen LogP contribution in [0.5, 0.6) is 5.75 Å². The average Bonchev–Trinajstić information content (AvgIpc) is 3.01. The van der Waals surface area contributed by atoms with Gasteiger partial charge in [0.1, 0.15) is 16.7 Å². The molecule has 0 unspecified atom stereocenters. The van der Waals surface area contributed by atoms with Gasteiger partial charge in [0.05, 0.1) is 11.4 Å². The Morgan fingerprint density at radius 2 is 1.73 bits per heavy atom. The van der Waals surface area contributed by atoms with E-state index < -0.39 is 0 Å². The smallest absolute Gasteiger partial charge is 0.266 e. The summed E-state index contributed by atoms with van der Waals surface area (Å²) in [6.07, 6.45) is 1.88. The third-order valence-electron chi connectivity index (χ3n) is 4.70. The molecule has 0 aliphatic carbocycles. The van der Waals surface area contributed by atoms with E-state index in [4.69, 9.17) is 17.0 Å². The fourth-order valence-electron chi connectivity index (χ4n) is 3.22. The van der Waals surface area contributed by atoms with E-state index >= 15 is 0 Å². The van der Waals surface area contributed by atoms with Gasteiger partial charge in [-0.1, -0.05) is 96.3 Å². The lowest BCUT2D eigenvalue weighted by Crippen LogP contribution is -2.27. The first kappa shape index (κ1) is 20.4. The summed E-state index contributed by atoms with van der Waals surface area (Å²) < 4.78 is 6.53. The Bertz CT molecular complexity index is 1110. The third-order valence-corrected chi connectivity index (χ3v) is 6.08. The van der Waals surface area contributed by atoms with E-state index in [0.29, 0.717) is 22.4 Å². The molecule has 1 amide bonds. The maximum absolute atomic E-state index is 12.9. The quantitative estimate of drug-likeness (QED) is 0.355. The molecule has 1 saturated heterocycles. The molecule has 0 spiro atoms. The van der Waals surface area contributed by atoms with Crippen molar-refractivity contribution in [3.05, 3.63) is 106 Å². The number of carbonyl (C=O) groups is 1. The molecule has 0 bridgehead atoms. The number of amides is 1. The van der Waals surface area contributed by atoms with Crippen molar-refractivity contribution in [2.45, 2.75) is 20.1 Å². The molecule has 0 atom stereocenters. The number of nitrogens with zero attached hydrogens (tertiary/aromatic N) is 1. The SMILES string of the molecule is Cc1cccc(COc2cccc(/C=C3\SC(=S)N(Cc4ccccc4)C3=O)c2)c1. The molecule has 1 heterocycles. The van der Waals surface area contributed by atoms with Crippen molar-refractivity contribution >= 4 is 40.3 Å². The predicted octanol–water partition coefficient (Wildman–Crippen LogP) is 5.98. The second-order valence-corrected chi connectivity index (χ2v) is 8.78. The summed E-state index contributed by atoms with van der Waals surface area (Å²) in [5, 5.41) is 0. The third kappa shape index (κ3) is 4.99. The average molecular weight is 432 g/mol. The highest BCUT2D eigenvalue weighted by atomic mass is 32.2. The molecule has 1 aliphatic rings. The van der Waals surface area contributed by atoms with Crippen LogP contribution >= 0.6 is 24.0 Å². The minimum absolute atomic E-state index is 0.0556. The van der Waals surface area contributed by atoms with Crippen LogP contribution in [0.1, 0.15) is 22.3 Å². The van der Waals surface area contributed by atoms with Crippen molar-refractivity contribution in [2.75, 3.05) is 0 Å². The number of hydrogen-bond donors (Lipinski definition) is 0. The number of benzene rings is 3. The zero-order valence-electron chi connectivity index (χ0n) is 16.6. The van der Waals surface area contributed by atoms with Crippen LogP contribution in [0.2, 0.25) is 0 Å². The lowest BCUT2D eigenvalue weighted by molar-refractivity contribution is -0.122. The van der Waals surface area contributed by atoms with Gasteiger partial charge in [-0.25, -0.2) is 0 Å². The van der Waals surface area contributed by atoms with Crippen LogP contribution < -0.4 is 4.74 Å². The molecule has 5 heteroatoms. The van der Waals surface area contributed by atoms with Gasteiger partial charge in [0.2, 0.25) is 0 Å². The van der Waals surface area contributed by atoms with Crippen molar-refractivity contribution in [3.8, 4) is 5.75 Å². The lowest BCUT2D eigenvalue weighted by Gasteiger charge is -2.14. The molecule has 3 aromatic carbocycles. The molecule has 1 aliphatic heterocycles. The van der Waals surface area contributed by atoms with Crippen molar-refractivity contribution in [1.29, 1.82) is 0 Å². The lowest BCUT2D eigenvalue weighted by atomic mass is 10.1. The topological polar surface area (TPSA) is 29.5 Å². The number of aryl methyl sites for hydroxylation is 1. The summed E-state index contributed by atoms with van der Waals surface area (Å²) >= 11 is 6.79. The number of rotatable bonds is 6. The van der Waals surface area contributed by atoms with Crippen LogP contribution in [-0.2, 0) is 17.9 Å². The molecule has 4 rings (SSSR count).